The van der Waals surface area contributed by atoms with Gasteiger partial charge in [-0.3, -0.25) is 0 Å². The second kappa shape index (κ2) is 7.18. The fourth-order valence-electron chi connectivity index (χ4n) is 5.87. The normalized spacial score (nSPS) is 24.6. The molecule has 0 bridgehead atoms. The third kappa shape index (κ3) is 2.74. The standard InChI is InChI=1S/C23H34BF2N/c1-8-11-12-13-20-21-14(4)18(9-2)15(5)22(21)24(25,26)27-17(7)19(10-3)16(6)23(20)27/h22H,8-13H2,1-7H3. The van der Waals surface area contributed by atoms with Gasteiger partial charge in [0.15, 0.2) is 5.70 Å². The lowest BCUT2D eigenvalue weighted by atomic mass is 9.54. The Hall–Kier alpha value is -1.45. The van der Waals surface area contributed by atoms with E-state index in [1.807, 2.05) is 13.8 Å². The van der Waals surface area contributed by atoms with Crippen LogP contribution in [-0.4, -0.2) is 17.0 Å². The largest absolute Gasteiger partial charge is 0.625 e. The van der Waals surface area contributed by atoms with Crippen LogP contribution in [-0.2, 0) is 0 Å². The molecule has 0 amide bonds. The van der Waals surface area contributed by atoms with Crippen molar-refractivity contribution in [3.05, 3.63) is 44.7 Å². The van der Waals surface area contributed by atoms with Gasteiger partial charge in [-0.15, -0.1) is 0 Å². The van der Waals surface area contributed by atoms with Crippen molar-refractivity contribution in [1.29, 1.82) is 0 Å². The van der Waals surface area contributed by atoms with Crippen LogP contribution in [0.3, 0.4) is 0 Å². The molecule has 1 unspecified atom stereocenters. The molecule has 2 aliphatic heterocycles. The zero-order chi connectivity index (χ0) is 20.1. The van der Waals surface area contributed by atoms with E-state index < -0.39 is 12.7 Å². The average Bonchev–Trinajstić information content (AvgIpc) is 3.02. The molecule has 0 radical (unpaired) electrons. The average molecular weight is 373 g/mol. The molecule has 0 aromatic heterocycles. The molecule has 4 heteroatoms. The molecule has 0 fully saturated rings. The van der Waals surface area contributed by atoms with E-state index in [2.05, 4.69) is 34.6 Å². The van der Waals surface area contributed by atoms with Gasteiger partial charge in [-0.1, -0.05) is 39.2 Å². The molecule has 0 aromatic carbocycles. The zero-order valence-electron chi connectivity index (χ0n) is 18.1. The van der Waals surface area contributed by atoms with Gasteiger partial charge in [0.2, 0.25) is 0 Å². The minimum atomic E-state index is -3.70. The van der Waals surface area contributed by atoms with Gasteiger partial charge >= 0.3 is 6.84 Å². The molecule has 27 heavy (non-hydrogen) atoms. The molecular weight excluding hydrogens is 339 g/mol. The van der Waals surface area contributed by atoms with Crippen LogP contribution in [0.15, 0.2) is 44.7 Å². The van der Waals surface area contributed by atoms with E-state index in [-0.39, 0.29) is 0 Å². The van der Waals surface area contributed by atoms with Gasteiger partial charge < -0.3 is 13.1 Å². The van der Waals surface area contributed by atoms with E-state index in [4.69, 9.17) is 0 Å². The molecular formula is C23H34BF2N. The minimum absolute atomic E-state index is 0.737. The van der Waals surface area contributed by atoms with Gasteiger partial charge in [-0.05, 0) is 63.2 Å². The van der Waals surface area contributed by atoms with Crippen LogP contribution in [0.25, 0.3) is 0 Å². The first kappa shape index (κ1) is 20.3. The third-order valence-electron chi connectivity index (χ3n) is 7.05. The van der Waals surface area contributed by atoms with Gasteiger partial charge in [-0.25, -0.2) is 0 Å². The number of halogens is 2. The van der Waals surface area contributed by atoms with E-state index >= 15 is 8.63 Å². The van der Waals surface area contributed by atoms with Crippen LogP contribution in [0.1, 0.15) is 87.0 Å². The molecule has 3 aliphatic rings. The van der Waals surface area contributed by atoms with Crippen molar-refractivity contribution in [2.24, 2.45) is 0 Å². The van der Waals surface area contributed by atoms with Gasteiger partial charge in [0.25, 0.3) is 0 Å². The van der Waals surface area contributed by atoms with Crippen molar-refractivity contribution in [2.75, 3.05) is 0 Å². The Morgan fingerprint density at radius 1 is 0.852 bits per heavy atom. The van der Waals surface area contributed by atoms with Crippen LogP contribution >= 0.6 is 0 Å². The van der Waals surface area contributed by atoms with Crippen molar-refractivity contribution in [3.8, 4) is 0 Å². The summed E-state index contributed by atoms with van der Waals surface area (Å²) in [5.74, 6) is -0.737. The van der Waals surface area contributed by atoms with Crippen molar-refractivity contribution in [1.82, 2.24) is 0 Å². The van der Waals surface area contributed by atoms with E-state index in [0.717, 1.165) is 83.4 Å². The maximum Gasteiger partial charge on any atom is 0.625 e. The molecule has 1 atom stereocenters. The summed E-state index contributed by atoms with van der Waals surface area (Å²) in [5.41, 5.74) is 9.12. The Kier molecular flexibility index (Phi) is 5.40. The Morgan fingerprint density at radius 3 is 2.04 bits per heavy atom. The monoisotopic (exact) mass is 373 g/mol. The Morgan fingerprint density at radius 2 is 1.48 bits per heavy atom. The summed E-state index contributed by atoms with van der Waals surface area (Å²) in [6, 6.07) is 0. The Balaban J connectivity index is 2.32. The number of rotatable bonds is 6. The van der Waals surface area contributed by atoms with E-state index in [1.54, 1.807) is 0 Å². The second-order valence-electron chi connectivity index (χ2n) is 8.41. The van der Waals surface area contributed by atoms with Gasteiger partial charge in [-0.2, -0.15) is 0 Å². The lowest BCUT2D eigenvalue weighted by molar-refractivity contribution is -0.364. The summed E-state index contributed by atoms with van der Waals surface area (Å²) < 4.78 is 33.4. The summed E-state index contributed by atoms with van der Waals surface area (Å²) in [4.78, 5) is 0. The van der Waals surface area contributed by atoms with Crippen LogP contribution < -0.4 is 0 Å². The maximum atomic E-state index is 16.0. The summed E-state index contributed by atoms with van der Waals surface area (Å²) in [7, 11) is 0. The van der Waals surface area contributed by atoms with Crippen LogP contribution in [0.4, 0.5) is 8.63 Å². The minimum Gasteiger partial charge on any atom is -0.412 e. The molecule has 3 rings (SSSR count). The fourth-order valence-corrected chi connectivity index (χ4v) is 5.87. The van der Waals surface area contributed by atoms with Gasteiger partial charge in [0.05, 0.1) is 0 Å². The quantitative estimate of drug-likeness (QED) is 0.338. The van der Waals surface area contributed by atoms with Crippen LogP contribution in [0, 0.1) is 0 Å². The summed E-state index contributed by atoms with van der Waals surface area (Å²) in [6.07, 6.45) is 5.91. The van der Waals surface area contributed by atoms with Crippen molar-refractivity contribution in [2.45, 2.75) is 92.8 Å². The first-order valence-corrected chi connectivity index (χ1v) is 10.7. The predicted molar refractivity (Wildman–Crippen MR) is 113 cm³/mol. The third-order valence-corrected chi connectivity index (χ3v) is 7.05. The molecule has 2 heterocycles. The first-order valence-electron chi connectivity index (χ1n) is 10.7. The molecule has 1 nitrogen and oxygen atoms in total. The van der Waals surface area contributed by atoms with E-state index in [0.29, 0.717) is 0 Å². The van der Waals surface area contributed by atoms with Crippen LogP contribution in [0.5, 0.6) is 0 Å². The van der Waals surface area contributed by atoms with Gasteiger partial charge in [0, 0.05) is 29.5 Å². The second-order valence-corrected chi connectivity index (χ2v) is 8.41. The van der Waals surface area contributed by atoms with Crippen molar-refractivity contribution >= 4 is 12.5 Å². The summed E-state index contributed by atoms with van der Waals surface area (Å²) in [5, 5.41) is 0. The number of fused-ring (bicyclic) bond motifs is 2. The highest BCUT2D eigenvalue weighted by Crippen LogP contribution is 2.58. The highest BCUT2D eigenvalue weighted by Gasteiger charge is 2.61. The lowest BCUT2D eigenvalue weighted by Crippen LogP contribution is -2.48. The summed E-state index contributed by atoms with van der Waals surface area (Å²) in [6.45, 7) is 10.6. The highest BCUT2D eigenvalue weighted by molar-refractivity contribution is 6.63. The van der Waals surface area contributed by atoms with E-state index in [1.165, 1.54) is 10.1 Å². The first-order chi connectivity index (χ1) is 12.7. The molecule has 0 aromatic rings. The SMILES string of the molecule is CCCCCC1=C2C(C)=C(CC)C(C)=[N+]2[B-](F)(F)C2C(C)=C(CC)C(C)=C12. The van der Waals surface area contributed by atoms with Crippen molar-refractivity contribution in [3.63, 3.8) is 0 Å². The molecule has 1 aliphatic carbocycles. The van der Waals surface area contributed by atoms with Crippen molar-refractivity contribution < 1.29 is 13.1 Å². The Bertz CT molecular complexity index is 836. The maximum absolute atomic E-state index is 16.0. The van der Waals surface area contributed by atoms with E-state index in [9.17, 15) is 0 Å². The number of hydrogen-bond donors (Lipinski definition) is 0. The number of unbranched alkanes of at least 4 members (excludes halogenated alkanes) is 2. The predicted octanol–water partition coefficient (Wildman–Crippen LogP) is 7.35. The number of hydrogen-bond acceptors (Lipinski definition) is 0. The summed E-state index contributed by atoms with van der Waals surface area (Å²) >= 11 is 0. The smallest absolute Gasteiger partial charge is 0.412 e. The number of nitrogens with zero attached hydrogens (tertiary/aromatic N) is 1. The number of allylic oxidation sites excluding steroid dienone is 7. The zero-order valence-corrected chi connectivity index (χ0v) is 18.1. The molecule has 0 spiro atoms. The van der Waals surface area contributed by atoms with Crippen LogP contribution in [0.2, 0.25) is 5.82 Å². The molecule has 0 saturated heterocycles. The fraction of sp³-hybridized carbons (Fsp3) is 0.609. The highest BCUT2D eigenvalue weighted by atomic mass is 19.2. The Labute approximate surface area is 163 Å². The van der Waals surface area contributed by atoms with Gasteiger partial charge in [0.1, 0.15) is 5.71 Å². The molecule has 0 saturated carbocycles. The lowest BCUT2D eigenvalue weighted by Gasteiger charge is -2.37. The topological polar surface area (TPSA) is 3.01 Å². The molecule has 0 N–H and O–H groups in total. The molecule has 148 valence electrons.